The fraction of sp³-hybridized carbons (Fsp3) is 0.381. The normalized spacial score (nSPS) is 11.8. The quantitative estimate of drug-likeness (QED) is 0.661. The van der Waals surface area contributed by atoms with E-state index in [1.54, 1.807) is 21.3 Å². The molecule has 5 nitrogen and oxygen atoms in total. The molecular formula is C21H26BrNO4. The molecule has 1 atom stereocenters. The molecule has 1 N–H and O–H groups in total. The summed E-state index contributed by atoms with van der Waals surface area (Å²) in [4.78, 5) is 12.7. The van der Waals surface area contributed by atoms with Gasteiger partial charge in [-0.2, -0.15) is 0 Å². The number of carbonyl (C=O) groups is 1. The van der Waals surface area contributed by atoms with Crippen molar-refractivity contribution in [2.75, 3.05) is 21.3 Å². The Morgan fingerprint density at radius 3 is 2.11 bits per heavy atom. The Morgan fingerprint density at radius 1 is 1.00 bits per heavy atom. The molecule has 0 saturated heterocycles. The van der Waals surface area contributed by atoms with Gasteiger partial charge in [-0.25, -0.2) is 0 Å². The molecule has 0 aromatic heterocycles. The zero-order valence-electron chi connectivity index (χ0n) is 16.3. The highest BCUT2D eigenvalue weighted by atomic mass is 79.9. The van der Waals surface area contributed by atoms with Crippen molar-refractivity contribution >= 4 is 21.8 Å². The third kappa shape index (κ3) is 5.39. The van der Waals surface area contributed by atoms with Gasteiger partial charge in [0.25, 0.3) is 0 Å². The molecule has 0 heterocycles. The summed E-state index contributed by atoms with van der Waals surface area (Å²) >= 11 is 3.51. The van der Waals surface area contributed by atoms with E-state index in [0.717, 1.165) is 21.3 Å². The van der Waals surface area contributed by atoms with Gasteiger partial charge in [-0.3, -0.25) is 4.79 Å². The molecule has 0 spiro atoms. The summed E-state index contributed by atoms with van der Waals surface area (Å²) in [6, 6.07) is 11.3. The summed E-state index contributed by atoms with van der Waals surface area (Å²) < 4.78 is 16.6. The van der Waals surface area contributed by atoms with Gasteiger partial charge in [-0.15, -0.1) is 0 Å². The Balaban J connectivity index is 2.16. The number of hydrogen-bond acceptors (Lipinski definition) is 4. The van der Waals surface area contributed by atoms with Crippen LogP contribution in [0.4, 0.5) is 0 Å². The molecule has 2 aromatic carbocycles. The van der Waals surface area contributed by atoms with Gasteiger partial charge in [0.1, 0.15) is 5.75 Å². The lowest BCUT2D eigenvalue weighted by Crippen LogP contribution is -2.32. The number of nitrogens with one attached hydrogen (secondary N) is 1. The summed E-state index contributed by atoms with van der Waals surface area (Å²) in [6.07, 6.45) is 0.236. The van der Waals surface area contributed by atoms with Crippen LogP contribution >= 0.6 is 15.9 Å². The van der Waals surface area contributed by atoms with Crippen LogP contribution in [0.5, 0.6) is 17.2 Å². The Hall–Kier alpha value is -2.21. The summed E-state index contributed by atoms with van der Waals surface area (Å²) in [6.45, 7) is 4.17. The van der Waals surface area contributed by atoms with Crippen molar-refractivity contribution < 1.29 is 19.0 Å². The molecule has 0 aliphatic carbocycles. The molecule has 2 rings (SSSR count). The molecule has 2 aromatic rings. The molecule has 0 bridgehead atoms. The van der Waals surface area contributed by atoms with Crippen molar-refractivity contribution in [3.63, 3.8) is 0 Å². The van der Waals surface area contributed by atoms with E-state index in [4.69, 9.17) is 14.2 Å². The molecule has 1 unspecified atom stereocenters. The van der Waals surface area contributed by atoms with Gasteiger partial charge in [0.15, 0.2) is 11.5 Å². The molecule has 1 amide bonds. The van der Waals surface area contributed by atoms with E-state index in [1.807, 2.05) is 36.4 Å². The van der Waals surface area contributed by atoms with Crippen molar-refractivity contribution in [1.29, 1.82) is 0 Å². The zero-order chi connectivity index (χ0) is 20.0. The van der Waals surface area contributed by atoms with Gasteiger partial charge >= 0.3 is 0 Å². The lowest BCUT2D eigenvalue weighted by Gasteiger charge is -2.23. The van der Waals surface area contributed by atoms with Crippen LogP contribution in [-0.4, -0.2) is 27.2 Å². The SMILES string of the molecule is COc1ccc(C(NC(=O)Cc2cc(OC)c(OC)cc2Br)C(C)C)cc1. The van der Waals surface area contributed by atoms with E-state index in [-0.39, 0.29) is 24.3 Å². The number of halogens is 1. The smallest absolute Gasteiger partial charge is 0.224 e. The van der Waals surface area contributed by atoms with Crippen LogP contribution in [0.15, 0.2) is 40.9 Å². The minimum Gasteiger partial charge on any atom is -0.497 e. The first-order valence-corrected chi connectivity index (χ1v) is 9.52. The number of carbonyl (C=O) groups excluding carboxylic acids is 1. The van der Waals surface area contributed by atoms with Crippen molar-refractivity contribution in [3.8, 4) is 17.2 Å². The molecule has 0 aliphatic rings. The summed E-state index contributed by atoms with van der Waals surface area (Å²) in [5.41, 5.74) is 1.88. The van der Waals surface area contributed by atoms with E-state index >= 15 is 0 Å². The van der Waals surface area contributed by atoms with Gasteiger partial charge in [0, 0.05) is 4.47 Å². The maximum Gasteiger partial charge on any atom is 0.224 e. The van der Waals surface area contributed by atoms with Crippen LogP contribution in [0.25, 0.3) is 0 Å². The summed E-state index contributed by atoms with van der Waals surface area (Å²) in [7, 11) is 4.80. The van der Waals surface area contributed by atoms with E-state index in [2.05, 4.69) is 35.1 Å². The maximum absolute atomic E-state index is 12.7. The first kappa shape index (κ1) is 21.1. The van der Waals surface area contributed by atoms with Crippen LogP contribution in [0.1, 0.15) is 31.0 Å². The minimum absolute atomic E-state index is 0.0579. The number of ether oxygens (including phenoxy) is 3. The molecule has 27 heavy (non-hydrogen) atoms. The fourth-order valence-corrected chi connectivity index (χ4v) is 3.34. The average molecular weight is 436 g/mol. The minimum atomic E-state index is -0.0812. The molecule has 0 saturated carbocycles. The van der Waals surface area contributed by atoms with Crippen molar-refractivity contribution in [2.24, 2.45) is 5.92 Å². The van der Waals surface area contributed by atoms with Crippen molar-refractivity contribution in [3.05, 3.63) is 52.0 Å². The van der Waals surface area contributed by atoms with Crippen LogP contribution in [0.3, 0.4) is 0 Å². The predicted molar refractivity (Wildman–Crippen MR) is 110 cm³/mol. The maximum atomic E-state index is 12.7. The predicted octanol–water partition coefficient (Wildman–Crippen LogP) is 4.53. The molecule has 146 valence electrons. The zero-order valence-corrected chi connectivity index (χ0v) is 17.9. The number of amides is 1. The van der Waals surface area contributed by atoms with E-state index in [9.17, 15) is 4.79 Å². The largest absolute Gasteiger partial charge is 0.497 e. The van der Waals surface area contributed by atoms with Gasteiger partial charge in [0.05, 0.1) is 33.8 Å². The number of hydrogen-bond donors (Lipinski definition) is 1. The second-order valence-electron chi connectivity index (χ2n) is 6.54. The van der Waals surface area contributed by atoms with E-state index < -0.39 is 0 Å². The van der Waals surface area contributed by atoms with Crippen LogP contribution < -0.4 is 19.5 Å². The molecule has 6 heteroatoms. The number of rotatable bonds is 8. The Bertz CT molecular complexity index is 774. The second-order valence-corrected chi connectivity index (χ2v) is 7.39. The van der Waals surface area contributed by atoms with Crippen molar-refractivity contribution in [1.82, 2.24) is 5.32 Å². The lowest BCUT2D eigenvalue weighted by molar-refractivity contribution is -0.121. The first-order chi connectivity index (χ1) is 12.9. The fourth-order valence-electron chi connectivity index (χ4n) is 2.88. The molecular weight excluding hydrogens is 410 g/mol. The van der Waals surface area contributed by atoms with E-state index in [0.29, 0.717) is 11.5 Å². The highest BCUT2D eigenvalue weighted by molar-refractivity contribution is 9.10. The highest BCUT2D eigenvalue weighted by Crippen LogP contribution is 2.33. The first-order valence-electron chi connectivity index (χ1n) is 8.73. The Morgan fingerprint density at radius 2 is 1.59 bits per heavy atom. The van der Waals surface area contributed by atoms with Crippen LogP contribution in [0.2, 0.25) is 0 Å². The van der Waals surface area contributed by atoms with Gasteiger partial charge in [-0.05, 0) is 41.3 Å². The van der Waals surface area contributed by atoms with Crippen molar-refractivity contribution in [2.45, 2.75) is 26.3 Å². The Kier molecular flexibility index (Phi) is 7.54. The summed E-state index contributed by atoms with van der Waals surface area (Å²) in [5, 5.41) is 3.14. The number of methoxy groups -OCH3 is 3. The van der Waals surface area contributed by atoms with Crippen LogP contribution in [0, 0.1) is 5.92 Å². The van der Waals surface area contributed by atoms with Crippen LogP contribution in [-0.2, 0) is 11.2 Å². The monoisotopic (exact) mass is 435 g/mol. The number of benzene rings is 2. The molecule has 0 fully saturated rings. The lowest BCUT2D eigenvalue weighted by atomic mass is 9.95. The second kappa shape index (κ2) is 9.65. The molecule has 0 radical (unpaired) electrons. The average Bonchev–Trinajstić information content (AvgIpc) is 2.67. The van der Waals surface area contributed by atoms with Gasteiger partial charge in [0.2, 0.25) is 5.91 Å². The van der Waals surface area contributed by atoms with E-state index in [1.165, 1.54) is 0 Å². The standard InChI is InChI=1S/C21H26BrNO4/c1-13(2)21(14-6-8-16(25-3)9-7-14)23-20(24)11-15-10-18(26-4)19(27-5)12-17(15)22/h6-10,12-13,21H,11H2,1-5H3,(H,23,24). The Labute approximate surface area is 169 Å². The van der Waals surface area contributed by atoms with Gasteiger partial charge in [-0.1, -0.05) is 41.9 Å². The van der Waals surface area contributed by atoms with Gasteiger partial charge < -0.3 is 19.5 Å². The third-order valence-electron chi connectivity index (χ3n) is 4.36. The summed E-state index contributed by atoms with van der Waals surface area (Å²) in [5.74, 6) is 2.20. The molecule has 0 aliphatic heterocycles. The highest BCUT2D eigenvalue weighted by Gasteiger charge is 2.20. The third-order valence-corrected chi connectivity index (χ3v) is 5.10. The topological polar surface area (TPSA) is 56.8 Å².